The summed E-state index contributed by atoms with van der Waals surface area (Å²) in [5.74, 6) is 0.974. The van der Waals surface area contributed by atoms with Crippen LogP contribution in [0.15, 0.2) is 35.5 Å². The molecule has 1 heterocycles. The molecule has 0 saturated heterocycles. The first-order chi connectivity index (χ1) is 8.67. The van der Waals surface area contributed by atoms with Gasteiger partial charge in [0.2, 0.25) is 11.8 Å². The maximum absolute atomic E-state index is 9.22. The van der Waals surface area contributed by atoms with E-state index in [0.717, 1.165) is 17.4 Å². The molecule has 18 heavy (non-hydrogen) atoms. The van der Waals surface area contributed by atoms with E-state index in [0.29, 0.717) is 10.9 Å². The van der Waals surface area contributed by atoms with Gasteiger partial charge >= 0.3 is 0 Å². The maximum atomic E-state index is 9.22. The van der Waals surface area contributed by atoms with E-state index in [-0.39, 0.29) is 11.8 Å². The zero-order valence-electron chi connectivity index (χ0n) is 9.70. The first-order valence-electron chi connectivity index (χ1n) is 5.20. The highest BCUT2D eigenvalue weighted by Crippen LogP contribution is 2.24. The summed E-state index contributed by atoms with van der Waals surface area (Å²) in [6, 6.07) is 8.72. The van der Waals surface area contributed by atoms with Crippen molar-refractivity contribution in [3.8, 4) is 17.5 Å². The van der Waals surface area contributed by atoms with Crippen LogP contribution in [-0.4, -0.2) is 27.3 Å². The highest BCUT2D eigenvalue weighted by atomic mass is 32.2. The number of thioether (sulfide) groups is 1. The molecule has 2 aromatic rings. The van der Waals surface area contributed by atoms with E-state index in [9.17, 15) is 10.2 Å². The van der Waals surface area contributed by atoms with Gasteiger partial charge in [0.15, 0.2) is 5.16 Å². The molecule has 0 fully saturated rings. The van der Waals surface area contributed by atoms with E-state index in [1.165, 1.54) is 11.8 Å². The van der Waals surface area contributed by atoms with Crippen LogP contribution < -0.4 is 4.74 Å². The molecule has 2 rings (SSSR count). The summed E-state index contributed by atoms with van der Waals surface area (Å²) in [6.07, 6.45) is 0. The first-order valence-corrected chi connectivity index (χ1v) is 6.18. The lowest BCUT2D eigenvalue weighted by molar-refractivity contribution is 0.411. The highest BCUT2D eigenvalue weighted by molar-refractivity contribution is 7.98. The number of hydrogen-bond acceptors (Lipinski definition) is 6. The second-order valence-electron chi connectivity index (χ2n) is 3.50. The molecule has 2 N–H and O–H groups in total. The smallest absolute Gasteiger partial charge is 0.218 e. The van der Waals surface area contributed by atoms with Crippen molar-refractivity contribution in [1.29, 1.82) is 0 Å². The zero-order chi connectivity index (χ0) is 13.0. The van der Waals surface area contributed by atoms with Crippen molar-refractivity contribution in [3.05, 3.63) is 35.9 Å². The number of methoxy groups -OCH3 is 1. The van der Waals surface area contributed by atoms with Gasteiger partial charge in [-0.1, -0.05) is 23.9 Å². The number of rotatable bonds is 4. The van der Waals surface area contributed by atoms with Gasteiger partial charge < -0.3 is 14.9 Å². The Labute approximate surface area is 108 Å². The molecule has 6 heteroatoms. The lowest BCUT2D eigenvalue weighted by atomic mass is 10.2. The highest BCUT2D eigenvalue weighted by Gasteiger charge is 2.04. The fraction of sp³-hybridized carbons (Fsp3) is 0.167. The van der Waals surface area contributed by atoms with E-state index in [1.807, 2.05) is 24.3 Å². The van der Waals surface area contributed by atoms with Gasteiger partial charge in [0.1, 0.15) is 5.75 Å². The average molecular weight is 264 g/mol. The van der Waals surface area contributed by atoms with E-state index >= 15 is 0 Å². The first kappa shape index (κ1) is 12.5. The summed E-state index contributed by atoms with van der Waals surface area (Å²) in [5, 5.41) is 18.8. The molecule has 0 amide bonds. The molecule has 0 radical (unpaired) electrons. The van der Waals surface area contributed by atoms with Gasteiger partial charge in [-0.25, -0.2) is 0 Å². The Morgan fingerprint density at radius 2 is 1.72 bits per heavy atom. The third-order valence-corrected chi connectivity index (χ3v) is 3.12. The van der Waals surface area contributed by atoms with Crippen molar-refractivity contribution in [2.75, 3.05) is 7.11 Å². The summed E-state index contributed by atoms with van der Waals surface area (Å²) >= 11 is 1.33. The quantitative estimate of drug-likeness (QED) is 0.651. The Hall–Kier alpha value is -1.95. The molecule has 0 unspecified atom stereocenters. The minimum atomic E-state index is -0.236. The molecule has 1 aromatic carbocycles. The van der Waals surface area contributed by atoms with Crippen molar-refractivity contribution < 1.29 is 14.9 Å². The lowest BCUT2D eigenvalue weighted by Crippen LogP contribution is -1.88. The summed E-state index contributed by atoms with van der Waals surface area (Å²) in [4.78, 5) is 7.61. The Balaban J connectivity index is 2.01. The van der Waals surface area contributed by atoms with Gasteiger partial charge in [-0.2, -0.15) is 9.97 Å². The van der Waals surface area contributed by atoms with Gasteiger partial charge in [0, 0.05) is 5.75 Å². The molecule has 0 aliphatic heterocycles. The number of hydrogen-bond donors (Lipinski definition) is 2. The van der Waals surface area contributed by atoms with Crippen LogP contribution in [0.3, 0.4) is 0 Å². The largest absolute Gasteiger partial charge is 0.497 e. The van der Waals surface area contributed by atoms with E-state index < -0.39 is 0 Å². The van der Waals surface area contributed by atoms with Gasteiger partial charge in [-0.15, -0.1) is 0 Å². The van der Waals surface area contributed by atoms with Crippen LogP contribution in [0.25, 0.3) is 0 Å². The average Bonchev–Trinajstić information content (AvgIpc) is 2.36. The minimum absolute atomic E-state index is 0.236. The van der Waals surface area contributed by atoms with Gasteiger partial charge in [0.05, 0.1) is 13.2 Å². The summed E-state index contributed by atoms with van der Waals surface area (Å²) in [6.45, 7) is 0. The van der Waals surface area contributed by atoms with Crippen molar-refractivity contribution >= 4 is 11.8 Å². The van der Waals surface area contributed by atoms with Crippen LogP contribution in [-0.2, 0) is 5.75 Å². The normalized spacial score (nSPS) is 10.3. The molecule has 0 bridgehead atoms. The topological polar surface area (TPSA) is 75.5 Å². The van der Waals surface area contributed by atoms with Crippen LogP contribution in [0.1, 0.15) is 5.56 Å². The van der Waals surface area contributed by atoms with Crippen molar-refractivity contribution in [2.45, 2.75) is 10.9 Å². The Morgan fingerprint density at radius 3 is 2.28 bits per heavy atom. The fourth-order valence-corrected chi connectivity index (χ4v) is 2.14. The molecule has 0 aliphatic carbocycles. The van der Waals surface area contributed by atoms with Crippen LogP contribution >= 0.6 is 11.8 Å². The molecule has 94 valence electrons. The molecule has 0 spiro atoms. The van der Waals surface area contributed by atoms with Crippen molar-refractivity contribution in [1.82, 2.24) is 9.97 Å². The number of aromatic hydroxyl groups is 2. The molecule has 1 aromatic heterocycles. The molecule has 5 nitrogen and oxygen atoms in total. The van der Waals surface area contributed by atoms with Crippen molar-refractivity contribution in [3.63, 3.8) is 0 Å². The standard InChI is InChI=1S/C12H12N2O3S/c1-17-9-4-2-8(3-5-9)7-18-12-13-10(15)6-11(16)14-12/h2-6H,7H2,1H3,(H2,13,14,15,16). The van der Waals surface area contributed by atoms with Crippen LogP contribution in [0.5, 0.6) is 17.5 Å². The van der Waals surface area contributed by atoms with Crippen LogP contribution in [0, 0.1) is 0 Å². The second kappa shape index (κ2) is 5.59. The third kappa shape index (κ3) is 3.27. The maximum Gasteiger partial charge on any atom is 0.218 e. The SMILES string of the molecule is COc1ccc(CSc2nc(O)cc(O)n2)cc1. The predicted octanol–water partition coefficient (Wildman–Crippen LogP) is 2.19. The van der Waals surface area contributed by atoms with Gasteiger partial charge in [-0.05, 0) is 17.7 Å². The van der Waals surface area contributed by atoms with Crippen molar-refractivity contribution in [2.24, 2.45) is 0 Å². The zero-order valence-corrected chi connectivity index (χ0v) is 10.5. The summed E-state index contributed by atoms with van der Waals surface area (Å²) in [7, 11) is 1.62. The Bertz CT molecular complexity index is 511. The van der Waals surface area contributed by atoms with E-state index in [1.54, 1.807) is 7.11 Å². The minimum Gasteiger partial charge on any atom is -0.497 e. The lowest BCUT2D eigenvalue weighted by Gasteiger charge is -2.03. The Kier molecular flexibility index (Phi) is 3.88. The van der Waals surface area contributed by atoms with Gasteiger partial charge in [-0.3, -0.25) is 0 Å². The Morgan fingerprint density at radius 1 is 1.11 bits per heavy atom. The molecular formula is C12H12N2O3S. The molecular weight excluding hydrogens is 252 g/mol. The third-order valence-electron chi connectivity index (χ3n) is 2.21. The van der Waals surface area contributed by atoms with Crippen LogP contribution in [0.4, 0.5) is 0 Å². The number of ether oxygens (including phenoxy) is 1. The van der Waals surface area contributed by atoms with E-state index in [2.05, 4.69) is 9.97 Å². The number of nitrogens with zero attached hydrogens (tertiary/aromatic N) is 2. The number of aromatic nitrogens is 2. The van der Waals surface area contributed by atoms with E-state index in [4.69, 9.17) is 4.74 Å². The summed E-state index contributed by atoms with van der Waals surface area (Å²) in [5.41, 5.74) is 1.08. The fourth-order valence-electron chi connectivity index (χ4n) is 1.34. The monoisotopic (exact) mass is 264 g/mol. The second-order valence-corrected chi connectivity index (χ2v) is 4.45. The number of benzene rings is 1. The summed E-state index contributed by atoms with van der Waals surface area (Å²) < 4.78 is 5.07. The molecule has 0 saturated carbocycles. The molecule has 0 aliphatic rings. The van der Waals surface area contributed by atoms with Crippen LogP contribution in [0.2, 0.25) is 0 Å². The predicted molar refractivity (Wildman–Crippen MR) is 67.9 cm³/mol. The molecule has 0 atom stereocenters. The van der Waals surface area contributed by atoms with Gasteiger partial charge in [0.25, 0.3) is 0 Å².